The monoisotopic (exact) mass is 645 g/mol. The van der Waals surface area contributed by atoms with E-state index in [-0.39, 0.29) is 31.6 Å². The number of pyridine rings is 1. The van der Waals surface area contributed by atoms with Crippen LogP contribution in [-0.4, -0.2) is 88.8 Å². The van der Waals surface area contributed by atoms with Crippen LogP contribution in [0.25, 0.3) is 32.9 Å². The Kier molecular flexibility index (Phi) is 9.08. The van der Waals surface area contributed by atoms with Crippen LogP contribution in [-0.2, 0) is 4.79 Å². The average Bonchev–Trinajstić information content (AvgIpc) is 3.46. The van der Waals surface area contributed by atoms with E-state index in [1.807, 2.05) is 53.8 Å². The summed E-state index contributed by atoms with van der Waals surface area (Å²) in [7, 11) is 2.09. The van der Waals surface area contributed by atoms with Gasteiger partial charge in [-0.15, -0.1) is 11.8 Å². The van der Waals surface area contributed by atoms with E-state index in [2.05, 4.69) is 24.6 Å². The zero-order chi connectivity index (χ0) is 31.7. The van der Waals surface area contributed by atoms with E-state index < -0.39 is 17.8 Å². The van der Waals surface area contributed by atoms with Crippen molar-refractivity contribution in [3.8, 4) is 23.2 Å². The Morgan fingerprint density at radius 1 is 1.16 bits per heavy atom. The van der Waals surface area contributed by atoms with Gasteiger partial charge in [0, 0.05) is 52.7 Å². The number of hydrogen-bond acceptors (Lipinski definition) is 9. The molecule has 6 rings (SSSR count). The number of benzene rings is 2. The lowest BCUT2D eigenvalue weighted by Crippen LogP contribution is -2.55. The molecule has 2 atom stereocenters. The Bertz CT molecular complexity index is 1830. The SMILES string of the molecule is C=C(F)C(=O)N1CCN(c2nc(OC[C@@H]3CCCN3C)nc3c(SC)c(-c4cccc5cccc(Cl)c45)cnc23)CC1CC#N. The largest absolute Gasteiger partial charge is 0.462 e. The molecule has 2 aliphatic rings. The highest BCUT2D eigenvalue weighted by atomic mass is 35.5. The molecule has 2 saturated heterocycles. The number of carbonyl (C=O) groups is 1. The number of halogens is 2. The summed E-state index contributed by atoms with van der Waals surface area (Å²) in [5.74, 6) is -1.30. The summed E-state index contributed by atoms with van der Waals surface area (Å²) in [6.07, 6.45) is 6.00. The number of fused-ring (bicyclic) bond motifs is 2. The molecule has 0 N–H and O–H groups in total. The maximum absolute atomic E-state index is 13.9. The van der Waals surface area contributed by atoms with Crippen molar-refractivity contribution in [2.45, 2.75) is 36.2 Å². The molecule has 0 radical (unpaired) electrons. The van der Waals surface area contributed by atoms with Crippen molar-refractivity contribution in [2.24, 2.45) is 0 Å². The van der Waals surface area contributed by atoms with Gasteiger partial charge in [-0.3, -0.25) is 4.79 Å². The van der Waals surface area contributed by atoms with Crippen molar-refractivity contribution < 1.29 is 13.9 Å². The van der Waals surface area contributed by atoms with Gasteiger partial charge >= 0.3 is 6.01 Å². The fraction of sp³-hybridized carbons (Fsp3) is 0.364. The third-order valence-electron chi connectivity index (χ3n) is 8.65. The molecule has 0 bridgehead atoms. The molecule has 9 nitrogen and oxygen atoms in total. The summed E-state index contributed by atoms with van der Waals surface area (Å²) in [6.45, 7) is 5.46. The highest BCUT2D eigenvalue weighted by molar-refractivity contribution is 7.99. The maximum Gasteiger partial charge on any atom is 0.319 e. The van der Waals surface area contributed by atoms with Crippen LogP contribution < -0.4 is 9.64 Å². The Morgan fingerprint density at radius 2 is 1.96 bits per heavy atom. The van der Waals surface area contributed by atoms with Gasteiger partial charge in [-0.25, -0.2) is 9.37 Å². The van der Waals surface area contributed by atoms with E-state index in [4.69, 9.17) is 31.3 Å². The standard InChI is InChI=1S/C33H33ClFN7O2S/c1-20(35)32(43)42-16-15-41(18-22(42)12-13-36)31-29-28(38-33(39-31)44-19-23-9-6-14-40(23)2)30(45-3)25(17-37-29)24-10-4-7-21-8-5-11-26(34)27(21)24/h4-5,7-8,10-11,17,22-23H,1,6,9,12,14-16,18-19H2,2-3H3/t22?,23-/m0/s1. The molecule has 2 aromatic heterocycles. The molecule has 0 saturated carbocycles. The molecule has 1 unspecified atom stereocenters. The highest BCUT2D eigenvalue weighted by Crippen LogP contribution is 2.42. The van der Waals surface area contributed by atoms with Crippen LogP contribution >= 0.6 is 23.4 Å². The fourth-order valence-electron chi connectivity index (χ4n) is 6.33. The molecule has 4 aromatic rings. The molecule has 4 heterocycles. The number of anilines is 1. The third kappa shape index (κ3) is 6.02. The Morgan fingerprint density at radius 3 is 2.67 bits per heavy atom. The number of ether oxygens (including phenoxy) is 1. The van der Waals surface area contributed by atoms with Gasteiger partial charge in [0.15, 0.2) is 11.6 Å². The third-order valence-corrected chi connectivity index (χ3v) is 9.79. The van der Waals surface area contributed by atoms with Crippen LogP contribution in [0.5, 0.6) is 6.01 Å². The number of carbonyl (C=O) groups excluding carboxylic acids is 1. The first kappa shape index (κ1) is 31.0. The quantitative estimate of drug-likeness (QED) is 0.166. The summed E-state index contributed by atoms with van der Waals surface area (Å²) in [4.78, 5) is 33.8. The van der Waals surface area contributed by atoms with Gasteiger partial charge < -0.3 is 19.4 Å². The first-order valence-electron chi connectivity index (χ1n) is 14.8. The van der Waals surface area contributed by atoms with Crippen LogP contribution in [0.1, 0.15) is 19.3 Å². The van der Waals surface area contributed by atoms with Gasteiger partial charge in [-0.05, 0) is 49.7 Å². The molecular weight excluding hydrogens is 613 g/mol. The lowest BCUT2D eigenvalue weighted by molar-refractivity contribution is -0.131. The zero-order valence-electron chi connectivity index (χ0n) is 25.2. The number of nitriles is 1. The van der Waals surface area contributed by atoms with Gasteiger partial charge in [0.1, 0.15) is 17.6 Å². The van der Waals surface area contributed by atoms with E-state index in [1.54, 1.807) is 11.8 Å². The van der Waals surface area contributed by atoms with Crippen LogP contribution in [0, 0.1) is 11.3 Å². The van der Waals surface area contributed by atoms with E-state index in [0.29, 0.717) is 35.0 Å². The average molecular weight is 646 g/mol. The first-order valence-corrected chi connectivity index (χ1v) is 16.4. The lowest BCUT2D eigenvalue weighted by atomic mass is 9.99. The number of likely N-dealkylation sites (N-methyl/N-ethyl adjacent to an activating group) is 1. The minimum absolute atomic E-state index is 0.0331. The lowest BCUT2D eigenvalue weighted by Gasteiger charge is -2.41. The minimum atomic E-state index is -1.04. The molecule has 2 aliphatic heterocycles. The number of amides is 1. The molecule has 1 amide bonds. The van der Waals surface area contributed by atoms with Gasteiger partial charge in [-0.1, -0.05) is 48.5 Å². The van der Waals surface area contributed by atoms with E-state index in [1.165, 1.54) is 4.90 Å². The second-order valence-corrected chi connectivity index (χ2v) is 12.6. The van der Waals surface area contributed by atoms with Gasteiger partial charge in [-0.2, -0.15) is 15.2 Å². The highest BCUT2D eigenvalue weighted by Gasteiger charge is 2.34. The van der Waals surface area contributed by atoms with Gasteiger partial charge in [0.25, 0.3) is 5.91 Å². The van der Waals surface area contributed by atoms with Crippen LogP contribution in [0.15, 0.2) is 59.9 Å². The number of likely N-dealkylation sites (tertiary alicyclic amines) is 1. The Hall–Kier alpha value is -3.98. The number of piperazine rings is 1. The summed E-state index contributed by atoms with van der Waals surface area (Å²) >= 11 is 8.28. The first-order chi connectivity index (χ1) is 21.8. The van der Waals surface area contributed by atoms with Crippen molar-refractivity contribution in [1.29, 1.82) is 5.26 Å². The van der Waals surface area contributed by atoms with Crippen molar-refractivity contribution in [1.82, 2.24) is 24.8 Å². The summed E-state index contributed by atoms with van der Waals surface area (Å²) in [6, 6.07) is 14.0. The molecule has 2 fully saturated rings. The number of aromatic nitrogens is 3. The Balaban J connectivity index is 1.48. The van der Waals surface area contributed by atoms with Gasteiger partial charge in [0.05, 0.1) is 18.5 Å². The van der Waals surface area contributed by atoms with Crippen molar-refractivity contribution in [3.63, 3.8) is 0 Å². The summed E-state index contributed by atoms with van der Waals surface area (Å²) in [5, 5.41) is 12.1. The predicted octanol–water partition coefficient (Wildman–Crippen LogP) is 6.11. The number of nitrogens with zero attached hydrogens (tertiary/aromatic N) is 7. The van der Waals surface area contributed by atoms with Crippen LogP contribution in [0.4, 0.5) is 10.2 Å². The predicted molar refractivity (Wildman–Crippen MR) is 176 cm³/mol. The number of thioether (sulfide) groups is 1. The second kappa shape index (κ2) is 13.2. The molecule has 2 aromatic carbocycles. The smallest absolute Gasteiger partial charge is 0.319 e. The van der Waals surface area contributed by atoms with Crippen molar-refractivity contribution in [2.75, 3.05) is 51.0 Å². The molecule has 232 valence electrons. The molecular formula is C33H33ClFN7O2S. The molecule has 45 heavy (non-hydrogen) atoms. The fourth-order valence-corrected chi connectivity index (χ4v) is 7.33. The molecule has 0 spiro atoms. The normalized spacial score (nSPS) is 18.8. The van der Waals surface area contributed by atoms with Crippen LogP contribution in [0.3, 0.4) is 0 Å². The van der Waals surface area contributed by atoms with Crippen molar-refractivity contribution in [3.05, 3.63) is 60.0 Å². The van der Waals surface area contributed by atoms with E-state index in [0.717, 1.165) is 46.2 Å². The minimum Gasteiger partial charge on any atom is -0.462 e. The van der Waals surface area contributed by atoms with Crippen LogP contribution in [0.2, 0.25) is 5.02 Å². The second-order valence-electron chi connectivity index (χ2n) is 11.3. The van der Waals surface area contributed by atoms with Crippen molar-refractivity contribution >= 4 is 56.9 Å². The number of hydrogen-bond donors (Lipinski definition) is 0. The summed E-state index contributed by atoms with van der Waals surface area (Å²) < 4.78 is 20.1. The number of rotatable bonds is 8. The Labute approximate surface area is 270 Å². The van der Waals surface area contributed by atoms with E-state index in [9.17, 15) is 14.4 Å². The van der Waals surface area contributed by atoms with E-state index >= 15 is 0 Å². The molecule has 0 aliphatic carbocycles. The maximum atomic E-state index is 13.9. The topological polar surface area (TPSA) is 98.5 Å². The zero-order valence-corrected chi connectivity index (χ0v) is 26.7. The summed E-state index contributed by atoms with van der Waals surface area (Å²) in [5.41, 5.74) is 3.04. The van der Waals surface area contributed by atoms with Gasteiger partial charge in [0.2, 0.25) is 0 Å². The molecule has 12 heteroatoms.